The minimum atomic E-state index is -0.0669. The second-order valence-electron chi connectivity index (χ2n) is 7.38. The number of hydrogen-bond donors (Lipinski definition) is 1. The maximum absolute atomic E-state index is 13.0. The number of nitrogens with one attached hydrogen (secondary N) is 1. The van der Waals surface area contributed by atoms with Crippen LogP contribution >= 0.6 is 11.3 Å². The van der Waals surface area contributed by atoms with Gasteiger partial charge in [-0.15, -0.1) is 11.3 Å². The van der Waals surface area contributed by atoms with Crippen molar-refractivity contribution in [2.45, 2.75) is 39.2 Å². The molecule has 1 N–H and O–H groups in total. The molecule has 0 radical (unpaired) electrons. The molecule has 1 amide bonds. The molecule has 30 heavy (non-hydrogen) atoms. The van der Waals surface area contributed by atoms with Crippen LogP contribution in [0, 0.1) is 13.8 Å². The standard InChI is InChI=1S/C21H25N7OS/c1-14-13-22-21(30-14)26-19-12-17(24-15(2)25-19)18-6-4-5-11-28(18)20(29)8-7-16-9-10-23-27(16)3/h7-10,12-13,18H,4-6,11H2,1-3H3,(H,22,24,25,26)/b8-7+/t18-/m0/s1. The highest BCUT2D eigenvalue weighted by Gasteiger charge is 2.28. The van der Waals surface area contributed by atoms with Crippen molar-refractivity contribution < 1.29 is 4.79 Å². The maximum atomic E-state index is 13.0. The van der Waals surface area contributed by atoms with Crippen LogP contribution in [0.5, 0.6) is 0 Å². The van der Waals surface area contributed by atoms with E-state index in [0.717, 1.165) is 47.2 Å². The van der Waals surface area contributed by atoms with Gasteiger partial charge in [0.1, 0.15) is 11.6 Å². The summed E-state index contributed by atoms with van der Waals surface area (Å²) in [4.78, 5) is 29.5. The van der Waals surface area contributed by atoms with Gasteiger partial charge in [-0.2, -0.15) is 5.10 Å². The van der Waals surface area contributed by atoms with E-state index in [1.165, 1.54) is 0 Å². The third kappa shape index (κ3) is 4.56. The molecular weight excluding hydrogens is 398 g/mol. The van der Waals surface area contributed by atoms with Crippen molar-refractivity contribution in [2.75, 3.05) is 11.9 Å². The molecule has 3 aromatic heterocycles. The number of carbonyl (C=O) groups excluding carboxylic acids is 1. The number of piperidine rings is 1. The predicted octanol–water partition coefficient (Wildman–Crippen LogP) is 3.79. The van der Waals surface area contributed by atoms with E-state index in [1.807, 2.05) is 50.2 Å². The number of carbonyl (C=O) groups is 1. The van der Waals surface area contributed by atoms with Gasteiger partial charge in [0.15, 0.2) is 5.13 Å². The summed E-state index contributed by atoms with van der Waals surface area (Å²) in [6.45, 7) is 4.61. The molecule has 9 heteroatoms. The maximum Gasteiger partial charge on any atom is 0.247 e. The van der Waals surface area contributed by atoms with Gasteiger partial charge in [0.05, 0.1) is 17.4 Å². The smallest absolute Gasteiger partial charge is 0.247 e. The molecule has 0 unspecified atom stereocenters. The quantitative estimate of drug-likeness (QED) is 0.628. The number of thiazole rings is 1. The molecule has 1 atom stereocenters. The van der Waals surface area contributed by atoms with Crippen molar-refractivity contribution in [3.8, 4) is 0 Å². The summed E-state index contributed by atoms with van der Waals surface area (Å²) < 4.78 is 1.74. The Morgan fingerprint density at radius 2 is 2.17 bits per heavy atom. The topological polar surface area (TPSA) is 88.8 Å². The van der Waals surface area contributed by atoms with Crippen LogP contribution in [0.4, 0.5) is 10.9 Å². The van der Waals surface area contributed by atoms with E-state index in [9.17, 15) is 4.79 Å². The molecule has 1 saturated heterocycles. The van der Waals surface area contributed by atoms with Gasteiger partial charge < -0.3 is 10.2 Å². The largest absolute Gasteiger partial charge is 0.331 e. The summed E-state index contributed by atoms with van der Waals surface area (Å²) in [6, 6.07) is 3.75. The van der Waals surface area contributed by atoms with E-state index in [4.69, 9.17) is 0 Å². The van der Waals surface area contributed by atoms with E-state index in [2.05, 4.69) is 25.4 Å². The number of nitrogens with zero attached hydrogens (tertiary/aromatic N) is 6. The molecule has 0 bridgehead atoms. The van der Waals surface area contributed by atoms with E-state index < -0.39 is 0 Å². The highest BCUT2D eigenvalue weighted by Crippen LogP contribution is 2.32. The van der Waals surface area contributed by atoms with Gasteiger partial charge in [0.2, 0.25) is 5.91 Å². The highest BCUT2D eigenvalue weighted by molar-refractivity contribution is 7.15. The van der Waals surface area contributed by atoms with Crippen LogP contribution in [-0.4, -0.2) is 42.1 Å². The molecule has 0 saturated carbocycles. The van der Waals surface area contributed by atoms with Crippen molar-refractivity contribution in [3.05, 3.63) is 52.7 Å². The summed E-state index contributed by atoms with van der Waals surface area (Å²) in [5.74, 6) is 1.36. The van der Waals surface area contributed by atoms with Crippen LogP contribution in [0.1, 0.15) is 47.4 Å². The van der Waals surface area contributed by atoms with Crippen LogP contribution in [0.15, 0.2) is 30.6 Å². The van der Waals surface area contributed by atoms with Crippen molar-refractivity contribution >= 4 is 34.3 Å². The third-order valence-corrected chi connectivity index (χ3v) is 5.93. The first kappa shape index (κ1) is 20.2. The Labute approximate surface area is 179 Å². The van der Waals surface area contributed by atoms with Crippen LogP contribution in [0.25, 0.3) is 6.08 Å². The van der Waals surface area contributed by atoms with Crippen LogP contribution in [0.2, 0.25) is 0 Å². The van der Waals surface area contributed by atoms with Crippen molar-refractivity contribution in [1.29, 1.82) is 0 Å². The minimum Gasteiger partial charge on any atom is -0.331 e. The molecule has 1 aliphatic rings. The average Bonchev–Trinajstić information content (AvgIpc) is 3.33. The fraction of sp³-hybridized carbons (Fsp3) is 0.381. The number of rotatable bonds is 5. The number of anilines is 2. The molecule has 156 valence electrons. The molecule has 4 heterocycles. The Balaban J connectivity index is 1.56. The number of aromatic nitrogens is 5. The zero-order valence-corrected chi connectivity index (χ0v) is 18.2. The lowest BCUT2D eigenvalue weighted by Gasteiger charge is -2.35. The zero-order valence-electron chi connectivity index (χ0n) is 17.4. The van der Waals surface area contributed by atoms with Gasteiger partial charge >= 0.3 is 0 Å². The van der Waals surface area contributed by atoms with E-state index in [1.54, 1.807) is 28.3 Å². The van der Waals surface area contributed by atoms with Crippen molar-refractivity contribution in [2.24, 2.45) is 7.05 Å². The van der Waals surface area contributed by atoms with Gasteiger partial charge in [-0.3, -0.25) is 9.48 Å². The fourth-order valence-electron chi connectivity index (χ4n) is 3.65. The Bertz CT molecular complexity index is 1070. The lowest BCUT2D eigenvalue weighted by atomic mass is 9.98. The summed E-state index contributed by atoms with van der Waals surface area (Å²) in [7, 11) is 1.86. The Morgan fingerprint density at radius 1 is 1.30 bits per heavy atom. The molecule has 1 aliphatic heterocycles. The van der Waals surface area contributed by atoms with Gasteiger partial charge in [-0.05, 0) is 45.3 Å². The minimum absolute atomic E-state index is 0.0118. The van der Waals surface area contributed by atoms with Crippen molar-refractivity contribution in [3.63, 3.8) is 0 Å². The summed E-state index contributed by atoms with van der Waals surface area (Å²) in [5.41, 5.74) is 1.75. The third-order valence-electron chi connectivity index (χ3n) is 5.10. The van der Waals surface area contributed by atoms with Crippen LogP contribution < -0.4 is 5.32 Å². The zero-order chi connectivity index (χ0) is 21.1. The number of hydrogen-bond acceptors (Lipinski definition) is 7. The summed E-state index contributed by atoms with van der Waals surface area (Å²) >= 11 is 1.58. The fourth-order valence-corrected chi connectivity index (χ4v) is 4.32. The molecule has 0 spiro atoms. The first-order valence-electron chi connectivity index (χ1n) is 10.0. The first-order chi connectivity index (χ1) is 14.5. The number of aryl methyl sites for hydroxylation is 3. The molecule has 1 fully saturated rings. The lowest BCUT2D eigenvalue weighted by Crippen LogP contribution is -2.38. The summed E-state index contributed by atoms with van der Waals surface area (Å²) in [6.07, 6.45) is 9.93. The number of amides is 1. The monoisotopic (exact) mass is 423 g/mol. The Morgan fingerprint density at radius 3 is 2.90 bits per heavy atom. The second-order valence-corrected chi connectivity index (χ2v) is 8.62. The van der Waals surface area contributed by atoms with E-state index in [0.29, 0.717) is 11.6 Å². The van der Waals surface area contributed by atoms with Crippen LogP contribution in [0.3, 0.4) is 0 Å². The predicted molar refractivity (Wildman–Crippen MR) is 117 cm³/mol. The van der Waals surface area contributed by atoms with Crippen LogP contribution in [-0.2, 0) is 11.8 Å². The van der Waals surface area contributed by atoms with E-state index in [-0.39, 0.29) is 11.9 Å². The van der Waals surface area contributed by atoms with Gasteiger partial charge in [0.25, 0.3) is 0 Å². The van der Waals surface area contributed by atoms with Gasteiger partial charge in [-0.1, -0.05) is 0 Å². The van der Waals surface area contributed by atoms with Gasteiger partial charge in [0, 0.05) is 43.0 Å². The van der Waals surface area contributed by atoms with Gasteiger partial charge in [-0.25, -0.2) is 15.0 Å². The van der Waals surface area contributed by atoms with E-state index >= 15 is 0 Å². The normalized spacial score (nSPS) is 16.9. The highest BCUT2D eigenvalue weighted by atomic mass is 32.1. The van der Waals surface area contributed by atoms with Crippen molar-refractivity contribution in [1.82, 2.24) is 29.6 Å². The molecule has 0 aliphatic carbocycles. The molecular formula is C21H25N7OS. The Kier molecular flexibility index (Phi) is 5.89. The average molecular weight is 424 g/mol. The molecule has 0 aromatic carbocycles. The molecule has 8 nitrogen and oxygen atoms in total. The SMILES string of the molecule is Cc1nc(Nc2ncc(C)s2)cc([C@@H]2CCCCN2C(=O)/C=C/c2ccnn2C)n1. The Hall–Kier alpha value is -3.07. The first-order valence-corrected chi connectivity index (χ1v) is 10.8. The second kappa shape index (κ2) is 8.74. The summed E-state index contributed by atoms with van der Waals surface area (Å²) in [5, 5.41) is 8.20. The lowest BCUT2D eigenvalue weighted by molar-refractivity contribution is -0.129. The number of likely N-dealkylation sites (tertiary alicyclic amines) is 1. The molecule has 3 aromatic rings. The molecule has 4 rings (SSSR count).